The Hall–Kier alpha value is -2.53. The second kappa shape index (κ2) is 7.15. The zero-order valence-corrected chi connectivity index (χ0v) is 14.7. The van der Waals surface area contributed by atoms with Gasteiger partial charge in [-0.05, 0) is 24.3 Å². The lowest BCUT2D eigenvalue weighted by Gasteiger charge is -2.23. The highest BCUT2D eigenvalue weighted by Crippen LogP contribution is 2.29. The lowest BCUT2D eigenvalue weighted by Crippen LogP contribution is -2.36. The standard InChI is InChI=1S/C14H10BrFN2O6S/c15-9-4-5-13(12(16)6-9)17(8-14(19)20)25(23,24)11-3-1-2-10(7-11)18(21)22/h1-7H,8H2,(H,19,20). The van der Waals surface area contributed by atoms with Crippen LogP contribution in [-0.4, -0.2) is 31.0 Å². The third kappa shape index (κ3) is 4.12. The molecule has 1 N–H and O–H groups in total. The van der Waals surface area contributed by atoms with Gasteiger partial charge in [-0.15, -0.1) is 0 Å². The monoisotopic (exact) mass is 432 g/mol. The van der Waals surface area contributed by atoms with E-state index >= 15 is 0 Å². The fourth-order valence-corrected chi connectivity index (χ4v) is 3.79. The van der Waals surface area contributed by atoms with Crippen LogP contribution in [0, 0.1) is 15.9 Å². The number of hydrogen-bond acceptors (Lipinski definition) is 5. The van der Waals surface area contributed by atoms with Gasteiger partial charge in [-0.3, -0.25) is 19.2 Å². The number of nitrogens with zero attached hydrogens (tertiary/aromatic N) is 2. The molecular formula is C14H10BrFN2O6S. The molecule has 2 aromatic rings. The van der Waals surface area contributed by atoms with Gasteiger partial charge in [-0.1, -0.05) is 22.0 Å². The molecule has 0 aromatic heterocycles. The molecule has 0 bridgehead atoms. The Morgan fingerprint density at radius 3 is 2.52 bits per heavy atom. The molecule has 0 fully saturated rings. The van der Waals surface area contributed by atoms with Gasteiger partial charge >= 0.3 is 5.97 Å². The third-order valence-electron chi connectivity index (χ3n) is 3.07. The van der Waals surface area contributed by atoms with Gasteiger partial charge in [0, 0.05) is 16.6 Å². The van der Waals surface area contributed by atoms with E-state index in [1.54, 1.807) is 0 Å². The smallest absolute Gasteiger partial charge is 0.324 e. The summed E-state index contributed by atoms with van der Waals surface area (Å²) < 4.78 is 40.3. The van der Waals surface area contributed by atoms with Gasteiger partial charge in [0.2, 0.25) is 0 Å². The van der Waals surface area contributed by atoms with Gasteiger partial charge in [0.1, 0.15) is 12.4 Å². The van der Waals surface area contributed by atoms with Crippen LogP contribution in [0.3, 0.4) is 0 Å². The predicted molar refractivity (Wildman–Crippen MR) is 89.4 cm³/mol. The van der Waals surface area contributed by atoms with Gasteiger partial charge in [-0.2, -0.15) is 0 Å². The van der Waals surface area contributed by atoms with Crippen molar-refractivity contribution in [1.82, 2.24) is 0 Å². The van der Waals surface area contributed by atoms with E-state index in [1.807, 2.05) is 0 Å². The summed E-state index contributed by atoms with van der Waals surface area (Å²) >= 11 is 3.02. The van der Waals surface area contributed by atoms with Gasteiger partial charge in [0.25, 0.3) is 15.7 Å². The normalized spacial score (nSPS) is 11.1. The lowest BCUT2D eigenvalue weighted by molar-refractivity contribution is -0.385. The Balaban J connectivity index is 2.62. The van der Waals surface area contributed by atoms with E-state index in [9.17, 15) is 27.7 Å². The first-order chi connectivity index (χ1) is 11.6. The van der Waals surface area contributed by atoms with Crippen LogP contribution in [0.4, 0.5) is 15.8 Å². The van der Waals surface area contributed by atoms with Crippen LogP contribution in [0.1, 0.15) is 0 Å². The first-order valence-corrected chi connectivity index (χ1v) is 8.80. The Morgan fingerprint density at radius 2 is 1.96 bits per heavy atom. The quantitative estimate of drug-likeness (QED) is 0.553. The van der Waals surface area contributed by atoms with E-state index in [2.05, 4.69) is 15.9 Å². The van der Waals surface area contributed by atoms with Crippen LogP contribution in [0.2, 0.25) is 0 Å². The van der Waals surface area contributed by atoms with Crippen molar-refractivity contribution in [3.05, 3.63) is 62.9 Å². The van der Waals surface area contributed by atoms with Crippen molar-refractivity contribution >= 4 is 43.3 Å². The molecule has 0 aliphatic carbocycles. The average molecular weight is 433 g/mol. The molecule has 0 amide bonds. The number of hydrogen-bond donors (Lipinski definition) is 1. The Labute approximate surface area is 149 Å². The van der Waals surface area contributed by atoms with E-state index in [0.29, 0.717) is 8.78 Å². The maximum absolute atomic E-state index is 14.2. The summed E-state index contributed by atoms with van der Waals surface area (Å²) in [4.78, 5) is 20.6. The Bertz CT molecular complexity index is 950. The molecule has 0 heterocycles. The van der Waals surface area contributed by atoms with Gasteiger partial charge < -0.3 is 5.11 Å². The van der Waals surface area contributed by atoms with Crippen molar-refractivity contribution in [3.63, 3.8) is 0 Å². The van der Waals surface area contributed by atoms with Crippen molar-refractivity contribution in [1.29, 1.82) is 0 Å². The highest BCUT2D eigenvalue weighted by atomic mass is 79.9. The molecule has 0 atom stereocenters. The number of aliphatic carboxylic acids is 1. The number of carbonyl (C=O) groups is 1. The van der Waals surface area contributed by atoms with E-state index in [4.69, 9.17) is 5.11 Å². The number of carboxylic acid groups (broad SMARTS) is 1. The SMILES string of the molecule is O=C(O)CN(c1ccc(Br)cc1F)S(=O)(=O)c1cccc([N+](=O)[O-])c1. The highest BCUT2D eigenvalue weighted by Gasteiger charge is 2.30. The van der Waals surface area contributed by atoms with Crippen LogP contribution in [0.5, 0.6) is 0 Å². The number of carboxylic acids is 1. The molecule has 11 heteroatoms. The average Bonchev–Trinajstić information content (AvgIpc) is 2.53. The molecule has 0 spiro atoms. The molecule has 132 valence electrons. The number of nitro benzene ring substituents is 1. The van der Waals surface area contributed by atoms with Gasteiger partial charge in [0.05, 0.1) is 15.5 Å². The molecule has 0 radical (unpaired) electrons. The van der Waals surface area contributed by atoms with Crippen LogP contribution >= 0.6 is 15.9 Å². The predicted octanol–water partition coefficient (Wildman–Crippen LogP) is 2.78. The van der Waals surface area contributed by atoms with Crippen LogP contribution in [0.25, 0.3) is 0 Å². The molecule has 8 nitrogen and oxygen atoms in total. The number of non-ortho nitro benzene ring substituents is 1. The number of nitro groups is 1. The molecule has 2 aromatic carbocycles. The number of benzene rings is 2. The molecule has 0 aliphatic heterocycles. The summed E-state index contributed by atoms with van der Waals surface area (Å²) in [5.74, 6) is -2.49. The van der Waals surface area contributed by atoms with Crippen LogP contribution in [-0.2, 0) is 14.8 Å². The fourth-order valence-electron chi connectivity index (χ4n) is 1.99. The van der Waals surface area contributed by atoms with Crippen LogP contribution in [0.15, 0.2) is 51.8 Å². The van der Waals surface area contributed by atoms with Crippen molar-refractivity contribution in [3.8, 4) is 0 Å². The summed E-state index contributed by atoms with van der Waals surface area (Å²) in [7, 11) is -4.55. The highest BCUT2D eigenvalue weighted by molar-refractivity contribution is 9.10. The zero-order chi connectivity index (χ0) is 18.8. The maximum Gasteiger partial charge on any atom is 0.324 e. The topological polar surface area (TPSA) is 118 Å². The van der Waals surface area contributed by atoms with E-state index < -0.39 is 49.5 Å². The molecular weight excluding hydrogens is 423 g/mol. The van der Waals surface area contributed by atoms with E-state index in [-0.39, 0.29) is 0 Å². The van der Waals surface area contributed by atoms with Crippen molar-refractivity contribution in [2.24, 2.45) is 0 Å². The second-order valence-electron chi connectivity index (χ2n) is 4.76. The van der Waals surface area contributed by atoms with Crippen LogP contribution < -0.4 is 4.31 Å². The Kier molecular flexibility index (Phi) is 5.38. The van der Waals surface area contributed by atoms with Crippen molar-refractivity contribution in [2.75, 3.05) is 10.8 Å². The third-order valence-corrected chi connectivity index (χ3v) is 5.32. The summed E-state index contributed by atoms with van der Waals surface area (Å²) in [5, 5.41) is 19.8. The molecule has 0 unspecified atom stereocenters. The largest absolute Gasteiger partial charge is 0.480 e. The molecule has 25 heavy (non-hydrogen) atoms. The number of sulfonamides is 1. The fraction of sp³-hybridized carbons (Fsp3) is 0.0714. The lowest BCUT2D eigenvalue weighted by atomic mass is 10.3. The number of rotatable bonds is 6. The molecule has 2 rings (SSSR count). The first-order valence-electron chi connectivity index (χ1n) is 6.57. The van der Waals surface area contributed by atoms with Gasteiger partial charge in [0.15, 0.2) is 0 Å². The summed E-state index contributed by atoms with van der Waals surface area (Å²) in [6.45, 7) is -1.05. The number of halogens is 2. The minimum Gasteiger partial charge on any atom is -0.480 e. The van der Waals surface area contributed by atoms with Crippen molar-refractivity contribution in [2.45, 2.75) is 4.90 Å². The molecule has 0 saturated carbocycles. The molecule has 0 saturated heterocycles. The first kappa shape index (κ1) is 18.8. The summed E-state index contributed by atoms with van der Waals surface area (Å²) in [6.07, 6.45) is 0. The summed E-state index contributed by atoms with van der Waals surface area (Å²) in [5.41, 5.74) is -0.982. The summed E-state index contributed by atoms with van der Waals surface area (Å²) in [6, 6.07) is 7.48. The number of anilines is 1. The van der Waals surface area contributed by atoms with Crippen molar-refractivity contribution < 1.29 is 27.6 Å². The maximum atomic E-state index is 14.2. The minimum absolute atomic E-state index is 0.330. The second-order valence-corrected chi connectivity index (χ2v) is 7.53. The van der Waals surface area contributed by atoms with E-state index in [1.165, 1.54) is 6.07 Å². The Morgan fingerprint density at radius 1 is 1.28 bits per heavy atom. The minimum atomic E-state index is -4.55. The van der Waals surface area contributed by atoms with E-state index in [0.717, 1.165) is 36.4 Å². The van der Waals surface area contributed by atoms with Gasteiger partial charge in [-0.25, -0.2) is 12.8 Å². The molecule has 0 aliphatic rings. The zero-order valence-electron chi connectivity index (χ0n) is 12.3.